The number of sulfonamides is 2. The molecule has 0 unspecified atom stereocenters. The second-order valence-corrected chi connectivity index (χ2v) is 10.4. The summed E-state index contributed by atoms with van der Waals surface area (Å²) in [4.78, 5) is 11.8. The first-order valence-electron chi connectivity index (χ1n) is 8.00. The number of aromatic hydroxyl groups is 1. The maximum absolute atomic E-state index is 12.2. The second-order valence-electron chi connectivity index (χ2n) is 5.94. The van der Waals surface area contributed by atoms with Gasteiger partial charge in [-0.05, 0) is 36.2 Å². The van der Waals surface area contributed by atoms with Crippen LogP contribution >= 0.6 is 22.9 Å². The summed E-state index contributed by atoms with van der Waals surface area (Å²) in [6.07, 6.45) is 0.277. The molecule has 0 aromatic heterocycles. The first kappa shape index (κ1) is 20.8. The third-order valence-corrected chi connectivity index (χ3v) is 8.18. The van der Waals surface area contributed by atoms with Gasteiger partial charge in [0.25, 0.3) is 15.9 Å². The summed E-state index contributed by atoms with van der Waals surface area (Å²) >= 11 is 1.55. The van der Waals surface area contributed by atoms with Gasteiger partial charge in [-0.25, -0.2) is 21.6 Å². The molecule has 0 atom stereocenters. The molecular weight excluding hydrogens is 521 g/mol. The number of hydrogen-bond donors (Lipinski definition) is 2. The molecule has 0 radical (unpaired) electrons. The van der Waals surface area contributed by atoms with Crippen LogP contribution in [0.1, 0.15) is 5.56 Å². The Labute approximate surface area is 176 Å². The monoisotopic (exact) mass is 537 g/mol. The zero-order valence-corrected chi connectivity index (χ0v) is 18.1. The van der Waals surface area contributed by atoms with Gasteiger partial charge in [-0.3, -0.25) is 4.79 Å². The maximum atomic E-state index is 12.2. The summed E-state index contributed by atoms with van der Waals surface area (Å²) in [5, 5.41) is 10.2. The number of carbonyl (C=O) groups excluding carboxylic acids is 1. The first-order valence-corrected chi connectivity index (χ1v) is 12.1. The van der Waals surface area contributed by atoms with Crippen LogP contribution in [0.4, 0.5) is 5.69 Å². The largest absolute Gasteiger partial charge is 0.506 e. The van der Waals surface area contributed by atoms with Gasteiger partial charge in [-0.15, -0.1) is 0 Å². The molecule has 2 N–H and O–H groups in total. The summed E-state index contributed by atoms with van der Waals surface area (Å²) in [7, 11) is -7.53. The van der Waals surface area contributed by atoms with Crippen LogP contribution in [-0.2, 0) is 31.3 Å². The maximum Gasteiger partial charge on any atom is 0.268 e. The van der Waals surface area contributed by atoms with Crippen LogP contribution in [0.25, 0.3) is 0 Å². The molecule has 0 bridgehead atoms. The van der Waals surface area contributed by atoms with Gasteiger partial charge in [0.15, 0.2) is 5.75 Å². The minimum Gasteiger partial charge on any atom is -0.506 e. The first-order chi connectivity index (χ1) is 13.1. The molecule has 9 nitrogen and oxygen atoms in total. The Morgan fingerprint density at radius 3 is 2.39 bits per heavy atom. The molecular formula is C16H16IN3O6S2. The van der Waals surface area contributed by atoms with Crippen LogP contribution in [0.5, 0.6) is 5.75 Å². The van der Waals surface area contributed by atoms with Crippen molar-refractivity contribution in [3.8, 4) is 5.75 Å². The number of nitrogens with zero attached hydrogens (tertiary/aromatic N) is 2. The predicted molar refractivity (Wildman–Crippen MR) is 111 cm³/mol. The van der Waals surface area contributed by atoms with Gasteiger partial charge in [0, 0.05) is 6.54 Å². The average molecular weight is 537 g/mol. The van der Waals surface area contributed by atoms with Crippen molar-refractivity contribution < 1.29 is 26.7 Å². The van der Waals surface area contributed by atoms with Crippen LogP contribution in [0, 0.1) is 0 Å². The van der Waals surface area contributed by atoms with Crippen molar-refractivity contribution in [1.29, 1.82) is 0 Å². The molecule has 1 fully saturated rings. The molecule has 0 spiro atoms. The van der Waals surface area contributed by atoms with Gasteiger partial charge in [-0.1, -0.05) is 24.3 Å². The topological polar surface area (TPSA) is 124 Å². The molecule has 1 saturated heterocycles. The van der Waals surface area contributed by atoms with E-state index in [0.717, 1.165) is 7.64 Å². The van der Waals surface area contributed by atoms with Crippen LogP contribution < -0.4 is 9.14 Å². The highest BCUT2D eigenvalue weighted by molar-refractivity contribution is 14.1. The molecule has 0 aliphatic carbocycles. The molecule has 2 aromatic carbocycles. The third kappa shape index (κ3) is 4.24. The lowest BCUT2D eigenvalue weighted by Crippen LogP contribution is -2.33. The van der Waals surface area contributed by atoms with E-state index >= 15 is 0 Å². The molecule has 3 rings (SSSR count). The van der Waals surface area contributed by atoms with Gasteiger partial charge < -0.3 is 5.11 Å². The van der Waals surface area contributed by atoms with E-state index in [1.165, 1.54) is 24.3 Å². The van der Waals surface area contributed by atoms with Crippen molar-refractivity contribution >= 4 is 54.5 Å². The van der Waals surface area contributed by atoms with Crippen molar-refractivity contribution in [3.05, 3.63) is 54.1 Å². The second kappa shape index (κ2) is 7.85. The van der Waals surface area contributed by atoms with E-state index in [1.54, 1.807) is 47.1 Å². The van der Waals surface area contributed by atoms with Gasteiger partial charge in [0.05, 0.1) is 27.8 Å². The Bertz CT molecular complexity index is 1110. The number of phenolic OH excluding ortho intramolecular Hbond substituents is 1. The lowest BCUT2D eigenvalue weighted by molar-refractivity contribution is -0.121. The lowest BCUT2D eigenvalue weighted by atomic mass is 10.1. The SMILES string of the molecule is O=C1CS(=O)(=O)N(c2ccc(CCNS(=O)(=O)c3ccccc3)cc2O)N1I. The average Bonchev–Trinajstić information content (AvgIpc) is 2.83. The van der Waals surface area contributed by atoms with Crippen molar-refractivity contribution in [3.63, 3.8) is 0 Å². The summed E-state index contributed by atoms with van der Waals surface area (Å²) < 4.78 is 52.7. The van der Waals surface area contributed by atoms with Crippen LogP contribution in [0.15, 0.2) is 53.4 Å². The molecule has 1 aliphatic rings. The van der Waals surface area contributed by atoms with E-state index in [4.69, 9.17) is 0 Å². The quantitative estimate of drug-likeness (QED) is 0.421. The number of rotatable bonds is 6. The Morgan fingerprint density at radius 1 is 1.14 bits per heavy atom. The highest BCUT2D eigenvalue weighted by atomic mass is 127. The fourth-order valence-corrected chi connectivity index (χ4v) is 6.44. The number of benzene rings is 2. The number of hydrogen-bond acceptors (Lipinski definition) is 6. The number of halogens is 1. The molecule has 28 heavy (non-hydrogen) atoms. The van der Waals surface area contributed by atoms with Crippen molar-refractivity contribution in [2.75, 3.05) is 16.7 Å². The van der Waals surface area contributed by atoms with Gasteiger partial charge in [0.1, 0.15) is 11.4 Å². The number of anilines is 1. The Balaban J connectivity index is 1.71. The normalized spacial score (nSPS) is 16.5. The minimum absolute atomic E-state index is 0.0473. The van der Waals surface area contributed by atoms with E-state index in [0.29, 0.717) is 5.56 Å². The molecule has 1 amide bonds. The molecule has 1 aliphatic heterocycles. The number of carbonyl (C=O) groups is 1. The third-order valence-electron chi connectivity index (χ3n) is 3.94. The number of hydrazine groups is 1. The van der Waals surface area contributed by atoms with E-state index in [1.807, 2.05) is 0 Å². The zero-order valence-electron chi connectivity index (χ0n) is 14.3. The van der Waals surface area contributed by atoms with E-state index < -0.39 is 31.7 Å². The number of phenols is 1. The zero-order chi connectivity index (χ0) is 20.5. The number of nitrogens with one attached hydrogen (secondary N) is 1. The van der Waals surface area contributed by atoms with Crippen molar-refractivity contribution in [1.82, 2.24) is 7.94 Å². The van der Waals surface area contributed by atoms with Gasteiger partial charge in [-0.2, -0.15) is 7.64 Å². The fourth-order valence-electron chi connectivity index (χ4n) is 2.62. The van der Waals surface area contributed by atoms with Crippen LogP contribution in [0.2, 0.25) is 0 Å². The Kier molecular flexibility index (Phi) is 5.84. The fraction of sp³-hybridized carbons (Fsp3) is 0.188. The molecule has 12 heteroatoms. The highest BCUT2D eigenvalue weighted by Crippen LogP contribution is 2.36. The molecule has 0 saturated carbocycles. The minimum atomic E-state index is -3.89. The summed E-state index contributed by atoms with van der Waals surface area (Å²) in [6, 6.07) is 12.2. The van der Waals surface area contributed by atoms with Gasteiger partial charge in [0.2, 0.25) is 10.0 Å². The standard InChI is InChI=1S/C16H16IN3O6S2/c17-19-16(22)11-27(23,24)20(19)14-7-6-12(10-15(14)21)8-9-18-28(25,26)13-4-2-1-3-5-13/h1-7,10,18,21H,8-9,11H2. The molecule has 150 valence electrons. The predicted octanol–water partition coefficient (Wildman–Crippen LogP) is 1.16. The van der Waals surface area contributed by atoms with E-state index in [2.05, 4.69) is 4.72 Å². The molecule has 2 aromatic rings. The Hall–Kier alpha value is -1.90. The smallest absolute Gasteiger partial charge is 0.268 e. The van der Waals surface area contributed by atoms with E-state index in [-0.39, 0.29) is 29.3 Å². The van der Waals surface area contributed by atoms with Crippen LogP contribution in [-0.4, -0.2) is 43.4 Å². The lowest BCUT2D eigenvalue weighted by Gasteiger charge is -2.23. The number of amides is 1. The summed E-state index contributed by atoms with van der Waals surface area (Å²) in [6.45, 7) is 0.0922. The molecule has 1 heterocycles. The van der Waals surface area contributed by atoms with Crippen molar-refractivity contribution in [2.24, 2.45) is 0 Å². The van der Waals surface area contributed by atoms with Crippen LogP contribution in [0.3, 0.4) is 0 Å². The summed E-state index contributed by atoms with van der Waals surface area (Å²) in [5.41, 5.74) is 0.550. The van der Waals surface area contributed by atoms with Gasteiger partial charge >= 0.3 is 0 Å². The Morgan fingerprint density at radius 2 is 1.82 bits per heavy atom. The van der Waals surface area contributed by atoms with Crippen molar-refractivity contribution in [2.45, 2.75) is 11.3 Å². The highest BCUT2D eigenvalue weighted by Gasteiger charge is 2.42. The summed E-state index contributed by atoms with van der Waals surface area (Å²) in [5.74, 6) is -1.61. The van der Waals surface area contributed by atoms with E-state index in [9.17, 15) is 26.7 Å².